The van der Waals surface area contributed by atoms with E-state index in [0.717, 1.165) is 22.3 Å². The van der Waals surface area contributed by atoms with Crippen molar-refractivity contribution < 1.29 is 4.79 Å². The van der Waals surface area contributed by atoms with E-state index >= 15 is 0 Å². The van der Waals surface area contributed by atoms with Crippen LogP contribution in [0.5, 0.6) is 0 Å². The number of aromatic amines is 1. The zero-order valence-corrected chi connectivity index (χ0v) is 12.6. The van der Waals surface area contributed by atoms with E-state index in [2.05, 4.69) is 9.97 Å². The first-order valence-electron chi connectivity index (χ1n) is 6.88. The lowest BCUT2D eigenvalue weighted by Gasteiger charge is -2.08. The van der Waals surface area contributed by atoms with E-state index in [0.29, 0.717) is 16.4 Å². The number of nitrogens with one attached hydrogen (secondary N) is 1. The van der Waals surface area contributed by atoms with Crippen LogP contribution in [0, 0.1) is 0 Å². The van der Waals surface area contributed by atoms with Gasteiger partial charge in [0, 0.05) is 17.6 Å². The summed E-state index contributed by atoms with van der Waals surface area (Å²) in [5, 5.41) is 0.609. The van der Waals surface area contributed by atoms with Gasteiger partial charge in [0.25, 0.3) is 5.91 Å². The Labute approximate surface area is 132 Å². The number of nitrogens with zero attached hydrogens (tertiary/aromatic N) is 2. The number of hydrogen-bond donors (Lipinski definition) is 1. The third-order valence-electron chi connectivity index (χ3n) is 3.83. The highest BCUT2D eigenvalue weighted by atomic mass is 35.5. The molecule has 4 nitrogen and oxygen atoms in total. The van der Waals surface area contributed by atoms with Crippen molar-refractivity contribution in [3.05, 3.63) is 58.9 Å². The summed E-state index contributed by atoms with van der Waals surface area (Å²) in [6.07, 6.45) is 1.78. The number of anilines is 1. The number of fused-ring (bicyclic) bond motifs is 2. The summed E-state index contributed by atoms with van der Waals surface area (Å²) in [5.74, 6) is 0.600. The number of halogens is 1. The molecule has 2 aromatic carbocycles. The first-order chi connectivity index (χ1) is 10.6. The van der Waals surface area contributed by atoms with Gasteiger partial charge in [-0.3, -0.25) is 4.79 Å². The first-order valence-corrected chi connectivity index (χ1v) is 7.26. The van der Waals surface area contributed by atoms with Crippen molar-refractivity contribution in [3.63, 3.8) is 0 Å². The molecule has 0 radical (unpaired) electrons. The third-order valence-corrected chi connectivity index (χ3v) is 4.07. The lowest BCUT2D eigenvalue weighted by atomic mass is 10.1. The third kappa shape index (κ3) is 1.92. The molecular weight excluding hydrogens is 298 g/mol. The van der Waals surface area contributed by atoms with Crippen molar-refractivity contribution in [2.45, 2.75) is 0 Å². The van der Waals surface area contributed by atoms with Gasteiger partial charge in [0.05, 0.1) is 22.3 Å². The molecule has 0 aliphatic carbocycles. The zero-order valence-electron chi connectivity index (χ0n) is 11.8. The zero-order chi connectivity index (χ0) is 15.3. The van der Waals surface area contributed by atoms with Crippen molar-refractivity contribution in [2.75, 3.05) is 11.9 Å². The second-order valence-electron chi connectivity index (χ2n) is 5.22. The maximum atomic E-state index is 12.5. The molecule has 0 saturated carbocycles. The maximum absolute atomic E-state index is 12.5. The molecule has 0 unspecified atom stereocenters. The molecular formula is C17H12ClN3O. The summed E-state index contributed by atoms with van der Waals surface area (Å²) in [4.78, 5) is 21.8. The molecule has 1 aliphatic heterocycles. The molecule has 1 N–H and O–H groups in total. The smallest absolute Gasteiger partial charge is 0.258 e. The topological polar surface area (TPSA) is 49.0 Å². The largest absolute Gasteiger partial charge is 0.338 e. The van der Waals surface area contributed by atoms with Crippen LogP contribution < -0.4 is 4.90 Å². The molecule has 0 atom stereocenters. The molecule has 1 aliphatic rings. The van der Waals surface area contributed by atoms with Gasteiger partial charge in [0.2, 0.25) is 0 Å². The molecule has 1 amide bonds. The number of aromatic nitrogens is 2. The Bertz CT molecular complexity index is 909. The number of hydrogen-bond acceptors (Lipinski definition) is 2. The van der Waals surface area contributed by atoms with Crippen LogP contribution in [0.3, 0.4) is 0 Å². The minimum absolute atomic E-state index is 0.0577. The van der Waals surface area contributed by atoms with Gasteiger partial charge in [-0.1, -0.05) is 23.7 Å². The Balaban J connectivity index is 1.88. The Morgan fingerprint density at radius 3 is 2.86 bits per heavy atom. The average molecular weight is 310 g/mol. The number of carbonyl (C=O) groups excluding carboxylic acids is 1. The predicted molar refractivity (Wildman–Crippen MR) is 88.8 cm³/mol. The average Bonchev–Trinajstić information content (AvgIpc) is 3.02. The molecule has 0 saturated heterocycles. The van der Waals surface area contributed by atoms with Crippen LogP contribution >= 0.6 is 11.6 Å². The Morgan fingerprint density at radius 2 is 2.05 bits per heavy atom. The summed E-state index contributed by atoms with van der Waals surface area (Å²) in [7, 11) is 1.76. The van der Waals surface area contributed by atoms with Crippen LogP contribution in [0.4, 0.5) is 5.69 Å². The molecule has 0 bridgehead atoms. The van der Waals surface area contributed by atoms with Crippen molar-refractivity contribution in [3.8, 4) is 0 Å². The highest BCUT2D eigenvalue weighted by Gasteiger charge is 2.30. The van der Waals surface area contributed by atoms with Crippen molar-refractivity contribution in [1.29, 1.82) is 0 Å². The number of benzene rings is 2. The number of carbonyl (C=O) groups is 1. The highest BCUT2D eigenvalue weighted by molar-refractivity contribution is 6.37. The van der Waals surface area contributed by atoms with Gasteiger partial charge in [0.1, 0.15) is 5.82 Å². The van der Waals surface area contributed by atoms with E-state index in [1.165, 1.54) is 0 Å². The molecule has 3 aromatic rings. The van der Waals surface area contributed by atoms with Crippen molar-refractivity contribution >= 4 is 45.9 Å². The Hall–Kier alpha value is -2.59. The van der Waals surface area contributed by atoms with Crippen molar-refractivity contribution in [1.82, 2.24) is 9.97 Å². The van der Waals surface area contributed by atoms with Gasteiger partial charge in [-0.05, 0) is 36.4 Å². The number of imidazole rings is 1. The monoisotopic (exact) mass is 309 g/mol. The summed E-state index contributed by atoms with van der Waals surface area (Å²) < 4.78 is 0. The quantitative estimate of drug-likeness (QED) is 0.696. The van der Waals surface area contributed by atoms with Gasteiger partial charge >= 0.3 is 0 Å². The fourth-order valence-corrected chi connectivity index (χ4v) is 2.91. The molecule has 0 spiro atoms. The fourth-order valence-electron chi connectivity index (χ4n) is 2.74. The first kappa shape index (κ1) is 13.1. The predicted octanol–water partition coefficient (Wildman–Crippen LogP) is 3.73. The van der Waals surface area contributed by atoms with Crippen LogP contribution in [-0.2, 0) is 4.79 Å². The van der Waals surface area contributed by atoms with E-state index in [1.54, 1.807) is 24.1 Å². The second kappa shape index (κ2) is 4.71. The number of para-hydroxylation sites is 2. The van der Waals surface area contributed by atoms with Crippen molar-refractivity contribution in [2.24, 2.45) is 0 Å². The van der Waals surface area contributed by atoms with Gasteiger partial charge in [0.15, 0.2) is 0 Å². The van der Waals surface area contributed by atoms with Crippen LogP contribution in [0.25, 0.3) is 22.7 Å². The lowest BCUT2D eigenvalue weighted by molar-refractivity contribution is -0.112. The summed E-state index contributed by atoms with van der Waals surface area (Å²) in [6.45, 7) is 0. The molecule has 2 heterocycles. The normalized spacial score (nSPS) is 15.8. The van der Waals surface area contributed by atoms with Gasteiger partial charge in [-0.25, -0.2) is 4.98 Å². The number of likely N-dealkylation sites (N-methyl/N-ethyl adjacent to an activating group) is 1. The lowest BCUT2D eigenvalue weighted by Crippen LogP contribution is -2.20. The number of amides is 1. The van der Waals surface area contributed by atoms with Crippen LogP contribution in [0.1, 0.15) is 11.4 Å². The van der Waals surface area contributed by atoms with E-state index in [1.807, 2.05) is 36.4 Å². The maximum Gasteiger partial charge on any atom is 0.258 e. The Morgan fingerprint density at radius 1 is 1.23 bits per heavy atom. The number of H-pyrrole nitrogens is 1. The molecule has 5 heteroatoms. The SMILES string of the molecule is CN1C(=O)/C(=C/c2nc3ccccc3[nH]2)c2cc(Cl)ccc21. The van der Waals surface area contributed by atoms with Crippen LogP contribution in [0.2, 0.25) is 5.02 Å². The van der Waals surface area contributed by atoms with Gasteiger partial charge in [-0.2, -0.15) is 0 Å². The standard InChI is InChI=1S/C17H12ClN3O/c1-21-15-7-6-10(18)8-11(15)12(17(21)22)9-16-19-13-4-2-3-5-14(13)20-16/h2-9H,1H3,(H,19,20)/b12-9+. The van der Waals surface area contributed by atoms with E-state index in [9.17, 15) is 4.79 Å². The molecule has 1 aromatic heterocycles. The fraction of sp³-hybridized carbons (Fsp3) is 0.0588. The molecule has 22 heavy (non-hydrogen) atoms. The summed E-state index contributed by atoms with van der Waals surface area (Å²) in [6, 6.07) is 13.2. The summed E-state index contributed by atoms with van der Waals surface area (Å²) in [5.41, 5.74) is 4.11. The minimum Gasteiger partial charge on any atom is -0.338 e. The van der Waals surface area contributed by atoms with Gasteiger partial charge < -0.3 is 9.88 Å². The minimum atomic E-state index is -0.0577. The molecule has 108 valence electrons. The van der Waals surface area contributed by atoms with Gasteiger partial charge in [-0.15, -0.1) is 0 Å². The van der Waals surface area contributed by atoms with Crippen LogP contribution in [-0.4, -0.2) is 22.9 Å². The summed E-state index contributed by atoms with van der Waals surface area (Å²) >= 11 is 6.07. The Kier molecular flexibility index (Phi) is 2.81. The highest BCUT2D eigenvalue weighted by Crippen LogP contribution is 2.38. The van der Waals surface area contributed by atoms with E-state index in [4.69, 9.17) is 11.6 Å². The van der Waals surface area contributed by atoms with E-state index < -0.39 is 0 Å². The van der Waals surface area contributed by atoms with Crippen LogP contribution in [0.15, 0.2) is 42.5 Å². The molecule has 4 rings (SSSR count). The number of rotatable bonds is 1. The second-order valence-corrected chi connectivity index (χ2v) is 5.66. The molecule has 0 fully saturated rings. The van der Waals surface area contributed by atoms with E-state index in [-0.39, 0.29) is 5.91 Å².